The monoisotopic (exact) mass is 243 g/mol. The predicted octanol–water partition coefficient (Wildman–Crippen LogP) is 3.31. The second-order valence-electron chi connectivity index (χ2n) is 4.60. The van der Waals surface area contributed by atoms with Crippen LogP contribution in [0.5, 0.6) is 0 Å². The van der Waals surface area contributed by atoms with Gasteiger partial charge in [0, 0.05) is 6.04 Å². The quantitative estimate of drug-likeness (QED) is 0.840. The van der Waals surface area contributed by atoms with Crippen LogP contribution in [0.4, 0.5) is 13.2 Å². The SMILES string of the molecule is Cc1cccc(C(F)(F)F)c1CC1CCCN1. The van der Waals surface area contributed by atoms with E-state index in [1.807, 2.05) is 0 Å². The summed E-state index contributed by atoms with van der Waals surface area (Å²) in [5, 5.41) is 3.24. The van der Waals surface area contributed by atoms with Crippen LogP contribution in [0.15, 0.2) is 18.2 Å². The summed E-state index contributed by atoms with van der Waals surface area (Å²) in [5.41, 5.74) is 0.694. The fourth-order valence-corrected chi connectivity index (χ4v) is 2.42. The molecule has 94 valence electrons. The van der Waals surface area contributed by atoms with E-state index in [4.69, 9.17) is 0 Å². The second kappa shape index (κ2) is 4.69. The molecule has 1 aromatic rings. The molecule has 1 N–H and O–H groups in total. The van der Waals surface area contributed by atoms with Crippen LogP contribution in [0.25, 0.3) is 0 Å². The molecule has 0 amide bonds. The Kier molecular flexibility index (Phi) is 3.43. The molecule has 4 heteroatoms. The number of hydrogen-bond donors (Lipinski definition) is 1. The summed E-state index contributed by atoms with van der Waals surface area (Å²) in [7, 11) is 0. The molecule has 0 aliphatic carbocycles. The lowest BCUT2D eigenvalue weighted by atomic mass is 9.95. The minimum Gasteiger partial charge on any atom is -0.314 e. The Balaban J connectivity index is 2.30. The molecule has 0 saturated carbocycles. The van der Waals surface area contributed by atoms with Crippen molar-refractivity contribution < 1.29 is 13.2 Å². The smallest absolute Gasteiger partial charge is 0.314 e. The second-order valence-corrected chi connectivity index (χ2v) is 4.60. The number of benzene rings is 1. The number of alkyl halides is 3. The van der Waals surface area contributed by atoms with Gasteiger partial charge >= 0.3 is 6.18 Å². The van der Waals surface area contributed by atoms with E-state index in [2.05, 4.69) is 5.32 Å². The van der Waals surface area contributed by atoms with Crippen molar-refractivity contribution in [1.82, 2.24) is 5.32 Å². The van der Waals surface area contributed by atoms with Crippen LogP contribution >= 0.6 is 0 Å². The third-order valence-corrected chi connectivity index (χ3v) is 3.33. The van der Waals surface area contributed by atoms with E-state index in [-0.39, 0.29) is 6.04 Å². The van der Waals surface area contributed by atoms with Crippen molar-refractivity contribution in [2.75, 3.05) is 6.54 Å². The van der Waals surface area contributed by atoms with E-state index in [0.717, 1.165) is 24.9 Å². The van der Waals surface area contributed by atoms with Gasteiger partial charge in [-0.3, -0.25) is 0 Å². The zero-order valence-corrected chi connectivity index (χ0v) is 9.77. The molecule has 0 bridgehead atoms. The maximum atomic E-state index is 12.9. The van der Waals surface area contributed by atoms with E-state index in [9.17, 15) is 13.2 Å². The highest BCUT2D eigenvalue weighted by atomic mass is 19.4. The van der Waals surface area contributed by atoms with E-state index < -0.39 is 11.7 Å². The van der Waals surface area contributed by atoms with Crippen LogP contribution in [-0.4, -0.2) is 12.6 Å². The van der Waals surface area contributed by atoms with Gasteiger partial charge in [-0.05, 0) is 49.9 Å². The summed E-state index contributed by atoms with van der Waals surface area (Å²) in [6.07, 6.45) is -1.76. The van der Waals surface area contributed by atoms with Gasteiger partial charge in [-0.25, -0.2) is 0 Å². The first kappa shape index (κ1) is 12.4. The lowest BCUT2D eigenvalue weighted by molar-refractivity contribution is -0.138. The summed E-state index contributed by atoms with van der Waals surface area (Å²) in [6.45, 7) is 2.66. The van der Waals surface area contributed by atoms with Gasteiger partial charge in [-0.1, -0.05) is 12.1 Å². The van der Waals surface area contributed by atoms with Gasteiger partial charge in [-0.2, -0.15) is 13.2 Å². The van der Waals surface area contributed by atoms with Crippen molar-refractivity contribution in [2.45, 2.75) is 38.4 Å². The van der Waals surface area contributed by atoms with Gasteiger partial charge in [0.05, 0.1) is 5.56 Å². The molecule has 2 rings (SSSR count). The largest absolute Gasteiger partial charge is 0.416 e. The molecular formula is C13H16F3N. The van der Waals surface area contributed by atoms with Gasteiger partial charge < -0.3 is 5.32 Å². The highest BCUT2D eigenvalue weighted by molar-refractivity contribution is 5.37. The molecule has 17 heavy (non-hydrogen) atoms. The Morgan fingerprint density at radius 3 is 2.71 bits per heavy atom. The normalized spacial score (nSPS) is 20.8. The van der Waals surface area contributed by atoms with Crippen molar-refractivity contribution in [3.05, 3.63) is 34.9 Å². The third kappa shape index (κ3) is 2.80. The molecule has 1 aromatic carbocycles. The Morgan fingerprint density at radius 1 is 1.35 bits per heavy atom. The average molecular weight is 243 g/mol. The molecule has 1 atom stereocenters. The number of aryl methyl sites for hydroxylation is 1. The maximum absolute atomic E-state index is 12.9. The van der Waals surface area contributed by atoms with E-state index in [1.54, 1.807) is 13.0 Å². The van der Waals surface area contributed by atoms with Crippen LogP contribution in [0, 0.1) is 6.92 Å². The van der Waals surface area contributed by atoms with Crippen molar-refractivity contribution in [3.8, 4) is 0 Å². The van der Waals surface area contributed by atoms with Gasteiger partial charge in [-0.15, -0.1) is 0 Å². The molecule has 1 nitrogen and oxygen atoms in total. The molecule has 1 unspecified atom stereocenters. The van der Waals surface area contributed by atoms with Crippen LogP contribution < -0.4 is 5.32 Å². The fraction of sp³-hybridized carbons (Fsp3) is 0.538. The van der Waals surface area contributed by atoms with E-state index >= 15 is 0 Å². The zero-order valence-electron chi connectivity index (χ0n) is 9.77. The minimum absolute atomic E-state index is 0.192. The Labute approximate surface area is 99.0 Å². The predicted molar refractivity (Wildman–Crippen MR) is 60.9 cm³/mol. The van der Waals surface area contributed by atoms with Gasteiger partial charge in [0.15, 0.2) is 0 Å². The molecule has 1 heterocycles. The van der Waals surface area contributed by atoms with E-state index in [0.29, 0.717) is 12.0 Å². The van der Waals surface area contributed by atoms with Crippen molar-refractivity contribution in [1.29, 1.82) is 0 Å². The molecule has 1 saturated heterocycles. The summed E-state index contributed by atoms with van der Waals surface area (Å²) < 4.78 is 38.6. The fourth-order valence-electron chi connectivity index (χ4n) is 2.42. The molecule has 1 aliphatic heterocycles. The Hall–Kier alpha value is -1.03. The first-order valence-corrected chi connectivity index (χ1v) is 5.87. The van der Waals surface area contributed by atoms with Crippen molar-refractivity contribution in [3.63, 3.8) is 0 Å². The van der Waals surface area contributed by atoms with E-state index in [1.165, 1.54) is 12.1 Å². The summed E-state index contributed by atoms with van der Waals surface area (Å²) >= 11 is 0. The first-order chi connectivity index (χ1) is 7.98. The summed E-state index contributed by atoms with van der Waals surface area (Å²) in [6, 6.07) is 4.60. The Bertz CT molecular complexity index is 392. The summed E-state index contributed by atoms with van der Waals surface area (Å²) in [5.74, 6) is 0. The molecule has 0 aromatic heterocycles. The van der Waals surface area contributed by atoms with Crippen LogP contribution in [0.1, 0.15) is 29.5 Å². The highest BCUT2D eigenvalue weighted by Gasteiger charge is 2.34. The molecule has 0 radical (unpaired) electrons. The zero-order chi connectivity index (χ0) is 12.5. The van der Waals surface area contributed by atoms with Gasteiger partial charge in [0.1, 0.15) is 0 Å². The summed E-state index contributed by atoms with van der Waals surface area (Å²) in [4.78, 5) is 0. The molecule has 1 fully saturated rings. The van der Waals surface area contributed by atoms with Crippen LogP contribution in [0.2, 0.25) is 0 Å². The third-order valence-electron chi connectivity index (χ3n) is 3.33. The standard InChI is InChI=1S/C13H16F3N/c1-9-4-2-6-12(13(14,15)16)11(9)8-10-5-3-7-17-10/h2,4,6,10,17H,3,5,7-8H2,1H3. The Morgan fingerprint density at radius 2 is 2.12 bits per heavy atom. The lowest BCUT2D eigenvalue weighted by Gasteiger charge is -2.18. The topological polar surface area (TPSA) is 12.0 Å². The first-order valence-electron chi connectivity index (χ1n) is 5.87. The number of nitrogens with one attached hydrogen (secondary N) is 1. The number of hydrogen-bond acceptors (Lipinski definition) is 1. The lowest BCUT2D eigenvalue weighted by Crippen LogP contribution is -2.25. The van der Waals surface area contributed by atoms with Gasteiger partial charge in [0.25, 0.3) is 0 Å². The molecule has 0 spiro atoms. The highest BCUT2D eigenvalue weighted by Crippen LogP contribution is 2.34. The number of halogens is 3. The van der Waals surface area contributed by atoms with Crippen molar-refractivity contribution >= 4 is 0 Å². The molecular weight excluding hydrogens is 227 g/mol. The van der Waals surface area contributed by atoms with Gasteiger partial charge in [0.2, 0.25) is 0 Å². The van der Waals surface area contributed by atoms with Crippen LogP contribution in [0.3, 0.4) is 0 Å². The van der Waals surface area contributed by atoms with Crippen molar-refractivity contribution in [2.24, 2.45) is 0 Å². The average Bonchev–Trinajstić information content (AvgIpc) is 2.72. The minimum atomic E-state index is -4.25. The maximum Gasteiger partial charge on any atom is 0.416 e. The number of rotatable bonds is 2. The van der Waals surface area contributed by atoms with Crippen LogP contribution in [-0.2, 0) is 12.6 Å². The molecule has 1 aliphatic rings.